The van der Waals surface area contributed by atoms with Crippen LogP contribution in [0.4, 0.5) is 0 Å². The maximum Gasteiger partial charge on any atom is 0.356 e. The number of H-pyrrole nitrogens is 1. The third-order valence-electron chi connectivity index (χ3n) is 6.38. The van der Waals surface area contributed by atoms with Gasteiger partial charge in [-0.3, -0.25) is 4.79 Å². The number of carbonyl (C=O) groups is 1. The van der Waals surface area contributed by atoms with Gasteiger partial charge in [-0.1, -0.05) is 73.9 Å². The first kappa shape index (κ1) is 20.2. The number of aromatic amines is 1. The second-order valence-corrected chi connectivity index (χ2v) is 8.54. The molecule has 0 saturated heterocycles. The quantitative estimate of drug-likeness (QED) is 0.468. The van der Waals surface area contributed by atoms with Crippen molar-refractivity contribution in [2.45, 2.75) is 44.4 Å². The molecule has 1 fully saturated rings. The Balaban J connectivity index is 1.59. The Morgan fingerprint density at radius 3 is 2.38 bits per heavy atom. The van der Waals surface area contributed by atoms with E-state index in [1.165, 1.54) is 28.1 Å². The highest BCUT2D eigenvalue weighted by molar-refractivity contribution is 5.86. The number of hydrogen-bond donors (Lipinski definition) is 2. The molecule has 0 bridgehead atoms. The Labute approximate surface area is 185 Å². The number of benzene rings is 2. The summed E-state index contributed by atoms with van der Waals surface area (Å²) < 4.78 is 1.21. The Kier molecular flexibility index (Phi) is 5.35. The van der Waals surface area contributed by atoms with Gasteiger partial charge in [-0.2, -0.15) is 9.61 Å². The number of aromatic carboxylic acids is 1. The molecule has 2 heterocycles. The fourth-order valence-corrected chi connectivity index (χ4v) is 4.76. The van der Waals surface area contributed by atoms with Gasteiger partial charge in [-0.15, -0.1) is 0 Å². The van der Waals surface area contributed by atoms with Crippen molar-refractivity contribution < 1.29 is 9.90 Å². The van der Waals surface area contributed by atoms with Crippen LogP contribution in [-0.2, 0) is 6.42 Å². The zero-order valence-electron chi connectivity index (χ0n) is 17.8. The van der Waals surface area contributed by atoms with Crippen molar-refractivity contribution in [3.63, 3.8) is 0 Å². The molecule has 6 heteroatoms. The molecule has 2 N–H and O–H groups in total. The first-order chi connectivity index (χ1) is 15.6. The number of carboxylic acids is 1. The highest BCUT2D eigenvalue weighted by atomic mass is 16.4. The van der Waals surface area contributed by atoms with E-state index < -0.39 is 5.97 Å². The monoisotopic (exact) mass is 427 g/mol. The standard InChI is InChI=1S/C26H25N3O3/c30-25-23(19-9-5-2-6-10-19)24(27-22-16-21(26(31)32)28-29(22)25)20-13-11-18(12-14-20)15-17-7-3-1-4-8-17/h1,3-4,7-8,11-14,16,19,27H,2,5-6,9-10,15H2,(H,31,32). The van der Waals surface area contributed by atoms with Gasteiger partial charge in [-0.05, 0) is 41.9 Å². The minimum atomic E-state index is -1.15. The molecule has 162 valence electrons. The molecule has 4 aromatic rings. The summed E-state index contributed by atoms with van der Waals surface area (Å²) >= 11 is 0. The average Bonchev–Trinajstić information content (AvgIpc) is 3.26. The number of carboxylic acid groups (broad SMARTS) is 1. The van der Waals surface area contributed by atoms with E-state index in [9.17, 15) is 14.7 Å². The predicted molar refractivity (Wildman–Crippen MR) is 123 cm³/mol. The molecule has 0 unspecified atom stereocenters. The van der Waals surface area contributed by atoms with E-state index in [2.05, 4.69) is 34.3 Å². The van der Waals surface area contributed by atoms with Gasteiger partial charge in [0.15, 0.2) is 5.69 Å². The number of hydrogen-bond acceptors (Lipinski definition) is 3. The number of fused-ring (bicyclic) bond motifs is 1. The lowest BCUT2D eigenvalue weighted by Crippen LogP contribution is -2.25. The minimum absolute atomic E-state index is 0.136. The van der Waals surface area contributed by atoms with Crippen LogP contribution in [-0.4, -0.2) is 25.7 Å². The van der Waals surface area contributed by atoms with Crippen LogP contribution >= 0.6 is 0 Å². The van der Waals surface area contributed by atoms with Crippen molar-refractivity contribution in [1.29, 1.82) is 0 Å². The lowest BCUT2D eigenvalue weighted by Gasteiger charge is -2.23. The van der Waals surface area contributed by atoms with Crippen LogP contribution < -0.4 is 5.56 Å². The number of nitrogens with one attached hydrogen (secondary N) is 1. The van der Waals surface area contributed by atoms with Crippen LogP contribution in [0.5, 0.6) is 0 Å². The Morgan fingerprint density at radius 1 is 1.00 bits per heavy atom. The van der Waals surface area contributed by atoms with Crippen molar-refractivity contribution in [3.8, 4) is 11.3 Å². The molecule has 0 atom stereocenters. The maximum absolute atomic E-state index is 13.5. The predicted octanol–water partition coefficient (Wildman–Crippen LogP) is 5.03. The van der Waals surface area contributed by atoms with Gasteiger partial charge in [0.05, 0.1) is 5.69 Å². The Bertz CT molecular complexity index is 1310. The smallest absolute Gasteiger partial charge is 0.356 e. The summed E-state index contributed by atoms with van der Waals surface area (Å²) in [7, 11) is 0. The number of aromatic nitrogens is 3. The van der Waals surface area contributed by atoms with E-state index in [0.29, 0.717) is 11.2 Å². The molecule has 1 saturated carbocycles. The largest absolute Gasteiger partial charge is 0.476 e. The fraction of sp³-hybridized carbons (Fsp3) is 0.269. The Hall–Kier alpha value is -3.67. The van der Waals surface area contributed by atoms with Gasteiger partial charge in [0, 0.05) is 11.6 Å². The highest BCUT2D eigenvalue weighted by Gasteiger charge is 2.25. The molecule has 6 nitrogen and oxygen atoms in total. The molecule has 0 spiro atoms. The number of rotatable bonds is 5. The lowest BCUT2D eigenvalue weighted by molar-refractivity contribution is 0.0690. The molecule has 0 radical (unpaired) electrons. The van der Waals surface area contributed by atoms with Crippen molar-refractivity contribution in [2.24, 2.45) is 0 Å². The van der Waals surface area contributed by atoms with Crippen LogP contribution in [0, 0.1) is 0 Å². The summed E-state index contributed by atoms with van der Waals surface area (Å²) in [6, 6.07) is 20.0. The van der Waals surface area contributed by atoms with E-state index in [0.717, 1.165) is 43.4 Å². The SMILES string of the molecule is O=C(O)c1cc2[nH]c(-c3ccc(Cc4ccccc4)cc3)c(C3CCCCC3)c(=O)n2n1. The van der Waals surface area contributed by atoms with Crippen molar-refractivity contribution in [2.75, 3.05) is 0 Å². The molecular formula is C26H25N3O3. The topological polar surface area (TPSA) is 87.5 Å². The molecule has 2 aromatic heterocycles. The Morgan fingerprint density at radius 2 is 1.69 bits per heavy atom. The summed E-state index contributed by atoms with van der Waals surface area (Å²) in [5.41, 5.74) is 4.91. The zero-order valence-corrected chi connectivity index (χ0v) is 17.8. The molecule has 0 aliphatic heterocycles. The van der Waals surface area contributed by atoms with Gasteiger partial charge >= 0.3 is 5.97 Å². The highest BCUT2D eigenvalue weighted by Crippen LogP contribution is 2.36. The van der Waals surface area contributed by atoms with Crippen molar-refractivity contribution in [3.05, 3.63) is 93.4 Å². The first-order valence-electron chi connectivity index (χ1n) is 11.1. The van der Waals surface area contributed by atoms with E-state index in [4.69, 9.17) is 0 Å². The molecule has 32 heavy (non-hydrogen) atoms. The molecular weight excluding hydrogens is 402 g/mol. The van der Waals surface area contributed by atoms with E-state index >= 15 is 0 Å². The average molecular weight is 428 g/mol. The minimum Gasteiger partial charge on any atom is -0.476 e. The van der Waals surface area contributed by atoms with Gasteiger partial charge < -0.3 is 10.1 Å². The van der Waals surface area contributed by atoms with Gasteiger partial charge in [0.25, 0.3) is 5.56 Å². The third kappa shape index (κ3) is 3.84. The molecule has 1 aliphatic carbocycles. The second kappa shape index (κ2) is 8.46. The van der Waals surface area contributed by atoms with Crippen LogP contribution in [0.2, 0.25) is 0 Å². The summed E-state index contributed by atoms with van der Waals surface area (Å²) in [5, 5.41) is 13.4. The van der Waals surface area contributed by atoms with Gasteiger partial charge in [0.1, 0.15) is 5.65 Å². The fourth-order valence-electron chi connectivity index (χ4n) is 4.76. The van der Waals surface area contributed by atoms with Crippen molar-refractivity contribution in [1.82, 2.24) is 14.6 Å². The summed E-state index contributed by atoms with van der Waals surface area (Å²) in [4.78, 5) is 28.2. The van der Waals surface area contributed by atoms with E-state index in [1.807, 2.05) is 30.3 Å². The van der Waals surface area contributed by atoms with Crippen LogP contribution in [0.1, 0.15) is 65.2 Å². The first-order valence-corrected chi connectivity index (χ1v) is 11.1. The van der Waals surface area contributed by atoms with E-state index in [1.54, 1.807) is 0 Å². The molecule has 2 aromatic carbocycles. The van der Waals surface area contributed by atoms with Crippen LogP contribution in [0.3, 0.4) is 0 Å². The van der Waals surface area contributed by atoms with Crippen molar-refractivity contribution >= 4 is 11.6 Å². The van der Waals surface area contributed by atoms with Crippen LogP contribution in [0.15, 0.2) is 65.5 Å². The third-order valence-corrected chi connectivity index (χ3v) is 6.38. The van der Waals surface area contributed by atoms with Gasteiger partial charge in [0.2, 0.25) is 0 Å². The zero-order chi connectivity index (χ0) is 22.1. The molecule has 0 amide bonds. The maximum atomic E-state index is 13.5. The summed E-state index contributed by atoms with van der Waals surface area (Å²) in [6.07, 6.45) is 6.14. The van der Waals surface area contributed by atoms with Gasteiger partial charge in [-0.25, -0.2) is 4.79 Å². The number of nitrogens with zero attached hydrogens (tertiary/aromatic N) is 2. The summed E-state index contributed by atoms with van der Waals surface area (Å²) in [5.74, 6) is -0.999. The second-order valence-electron chi connectivity index (χ2n) is 8.54. The van der Waals surface area contributed by atoms with Crippen LogP contribution in [0.25, 0.3) is 16.9 Å². The molecule has 5 rings (SSSR count). The lowest BCUT2D eigenvalue weighted by atomic mass is 9.83. The molecule has 1 aliphatic rings. The summed E-state index contributed by atoms with van der Waals surface area (Å²) in [6.45, 7) is 0. The van der Waals surface area contributed by atoms with E-state index in [-0.39, 0.29) is 17.2 Å². The normalized spacial score (nSPS) is 14.6.